The third-order valence-electron chi connectivity index (χ3n) is 4.05. The zero-order chi connectivity index (χ0) is 13.7. The van der Waals surface area contributed by atoms with Crippen LogP contribution in [0.25, 0.3) is 0 Å². The predicted octanol–water partition coefficient (Wildman–Crippen LogP) is 2.66. The number of aliphatic hydroxyl groups is 1. The summed E-state index contributed by atoms with van der Waals surface area (Å²) in [5.74, 6) is 0.363. The van der Waals surface area contributed by atoms with Crippen molar-refractivity contribution in [3.8, 4) is 0 Å². The lowest BCUT2D eigenvalue weighted by atomic mass is 9.88. The van der Waals surface area contributed by atoms with Crippen LogP contribution in [-0.2, 0) is 12.7 Å². The molecule has 5 heteroatoms. The molecule has 1 saturated heterocycles. The quantitative estimate of drug-likeness (QED) is 0.913. The number of hydrogen-bond acceptors (Lipinski definition) is 2. The van der Waals surface area contributed by atoms with Crippen LogP contribution in [0, 0.1) is 5.92 Å². The van der Waals surface area contributed by atoms with Crippen molar-refractivity contribution < 1.29 is 18.3 Å². The number of alkyl halides is 3. The lowest BCUT2D eigenvalue weighted by molar-refractivity contribution is -0.140. The first-order valence-electron chi connectivity index (χ1n) is 6.48. The average molecular weight is 271 g/mol. The van der Waals surface area contributed by atoms with Gasteiger partial charge in [0, 0.05) is 19.6 Å². The summed E-state index contributed by atoms with van der Waals surface area (Å²) in [6.45, 7) is 1.23. The molecule has 0 amide bonds. The molecule has 104 valence electrons. The summed E-state index contributed by atoms with van der Waals surface area (Å²) < 4.78 is 38.5. The molecule has 0 aromatic heterocycles. The van der Waals surface area contributed by atoms with Crippen LogP contribution in [0.5, 0.6) is 0 Å². The summed E-state index contributed by atoms with van der Waals surface area (Å²) in [5, 5.41) is 10.2. The minimum absolute atomic E-state index is 0.255. The minimum Gasteiger partial charge on any atom is -0.387 e. The van der Waals surface area contributed by atoms with E-state index in [2.05, 4.69) is 0 Å². The van der Waals surface area contributed by atoms with Gasteiger partial charge in [0.15, 0.2) is 0 Å². The molecule has 1 aromatic carbocycles. The monoisotopic (exact) mass is 271 g/mol. The average Bonchev–Trinajstić information content (AvgIpc) is 3.10. The van der Waals surface area contributed by atoms with Gasteiger partial charge >= 0.3 is 6.18 Å². The number of halogens is 3. The Labute approximate surface area is 109 Å². The molecular weight excluding hydrogens is 255 g/mol. The van der Waals surface area contributed by atoms with Gasteiger partial charge in [-0.05, 0) is 30.4 Å². The molecule has 0 radical (unpaired) electrons. The largest absolute Gasteiger partial charge is 0.416 e. The maximum atomic E-state index is 12.8. The van der Waals surface area contributed by atoms with Gasteiger partial charge in [0.25, 0.3) is 0 Å². The lowest BCUT2D eigenvalue weighted by Crippen LogP contribution is -2.62. The highest BCUT2D eigenvalue weighted by Gasteiger charge is 2.51. The van der Waals surface area contributed by atoms with Crippen LogP contribution < -0.4 is 0 Å². The Morgan fingerprint density at radius 1 is 1.21 bits per heavy atom. The Hall–Kier alpha value is -1.07. The van der Waals surface area contributed by atoms with Gasteiger partial charge in [0.05, 0.1) is 11.2 Å². The lowest BCUT2D eigenvalue weighted by Gasteiger charge is -2.47. The Bertz CT molecular complexity index is 476. The smallest absolute Gasteiger partial charge is 0.387 e. The molecule has 1 saturated carbocycles. The maximum absolute atomic E-state index is 12.8. The molecule has 1 aliphatic carbocycles. The normalized spacial score (nSPS) is 23.2. The van der Waals surface area contributed by atoms with E-state index in [4.69, 9.17) is 0 Å². The molecule has 1 N–H and O–H groups in total. The zero-order valence-corrected chi connectivity index (χ0v) is 10.5. The number of benzene rings is 1. The third-order valence-corrected chi connectivity index (χ3v) is 4.05. The third kappa shape index (κ3) is 2.49. The highest BCUT2D eigenvalue weighted by Crippen LogP contribution is 2.45. The second-order valence-corrected chi connectivity index (χ2v) is 5.68. The topological polar surface area (TPSA) is 23.5 Å². The summed E-state index contributed by atoms with van der Waals surface area (Å²) >= 11 is 0. The van der Waals surface area contributed by atoms with Gasteiger partial charge in [0.2, 0.25) is 0 Å². The van der Waals surface area contributed by atoms with E-state index in [1.807, 2.05) is 4.90 Å². The van der Waals surface area contributed by atoms with Crippen LogP contribution in [0.3, 0.4) is 0 Å². The molecule has 0 spiro atoms. The van der Waals surface area contributed by atoms with E-state index < -0.39 is 17.3 Å². The second-order valence-electron chi connectivity index (χ2n) is 5.68. The van der Waals surface area contributed by atoms with E-state index in [1.54, 1.807) is 6.07 Å². The van der Waals surface area contributed by atoms with Crippen molar-refractivity contribution in [2.24, 2.45) is 5.92 Å². The van der Waals surface area contributed by atoms with Crippen molar-refractivity contribution in [3.05, 3.63) is 35.4 Å². The van der Waals surface area contributed by atoms with Crippen molar-refractivity contribution in [1.29, 1.82) is 0 Å². The summed E-state index contributed by atoms with van der Waals surface area (Å²) in [5.41, 5.74) is -0.933. The van der Waals surface area contributed by atoms with Gasteiger partial charge in [-0.1, -0.05) is 18.2 Å². The standard InChI is InChI=1S/C14H16F3NO/c15-14(16,17)12-4-2-1-3-10(12)7-18-8-13(19,9-18)11-5-6-11/h1-4,11,19H,5-9H2. The Balaban J connectivity index is 1.68. The predicted molar refractivity (Wildman–Crippen MR) is 64.4 cm³/mol. The fraction of sp³-hybridized carbons (Fsp3) is 0.571. The maximum Gasteiger partial charge on any atom is 0.416 e. The highest BCUT2D eigenvalue weighted by atomic mass is 19.4. The van der Waals surface area contributed by atoms with Crippen molar-refractivity contribution in [1.82, 2.24) is 4.90 Å². The van der Waals surface area contributed by atoms with Gasteiger partial charge in [-0.25, -0.2) is 0 Å². The molecule has 0 unspecified atom stereocenters. The summed E-state index contributed by atoms with van der Waals surface area (Å²) in [6.07, 6.45) is -2.22. The first-order chi connectivity index (χ1) is 8.88. The number of likely N-dealkylation sites (tertiary alicyclic amines) is 1. The fourth-order valence-electron chi connectivity index (χ4n) is 2.89. The SMILES string of the molecule is OC1(C2CC2)CN(Cc2ccccc2C(F)(F)F)C1. The number of hydrogen-bond donors (Lipinski definition) is 1. The number of nitrogens with zero attached hydrogens (tertiary/aromatic N) is 1. The number of rotatable bonds is 3. The van der Waals surface area contributed by atoms with Crippen LogP contribution in [0.1, 0.15) is 24.0 Å². The molecule has 2 nitrogen and oxygen atoms in total. The first kappa shape index (κ1) is 12.9. The van der Waals surface area contributed by atoms with E-state index in [9.17, 15) is 18.3 Å². The number of β-amino-alcohol motifs (C(OH)–C–C–N with tert-alkyl or cyclic N) is 1. The van der Waals surface area contributed by atoms with Crippen molar-refractivity contribution in [2.45, 2.75) is 31.2 Å². The highest BCUT2D eigenvalue weighted by molar-refractivity contribution is 5.30. The molecule has 0 bridgehead atoms. The molecule has 1 aromatic rings. The van der Waals surface area contributed by atoms with Crippen LogP contribution >= 0.6 is 0 Å². The van der Waals surface area contributed by atoms with Gasteiger partial charge < -0.3 is 5.11 Å². The van der Waals surface area contributed by atoms with Gasteiger partial charge in [-0.3, -0.25) is 4.90 Å². The van der Waals surface area contributed by atoms with E-state index in [0.29, 0.717) is 19.0 Å². The zero-order valence-electron chi connectivity index (χ0n) is 10.5. The molecule has 19 heavy (non-hydrogen) atoms. The van der Waals surface area contributed by atoms with E-state index >= 15 is 0 Å². The Morgan fingerprint density at radius 2 is 1.84 bits per heavy atom. The van der Waals surface area contributed by atoms with E-state index in [1.165, 1.54) is 12.1 Å². The Kier molecular flexibility index (Phi) is 2.87. The summed E-state index contributed by atoms with van der Waals surface area (Å²) in [4.78, 5) is 1.88. The van der Waals surface area contributed by atoms with E-state index in [0.717, 1.165) is 18.9 Å². The minimum atomic E-state index is -4.31. The summed E-state index contributed by atoms with van der Waals surface area (Å²) in [7, 11) is 0. The first-order valence-corrected chi connectivity index (χ1v) is 6.48. The molecule has 2 aliphatic rings. The molecule has 1 heterocycles. The second kappa shape index (κ2) is 4.21. The van der Waals surface area contributed by atoms with Gasteiger partial charge in [-0.2, -0.15) is 13.2 Å². The molecule has 2 fully saturated rings. The van der Waals surface area contributed by atoms with E-state index in [-0.39, 0.29) is 12.1 Å². The fourth-order valence-corrected chi connectivity index (χ4v) is 2.89. The van der Waals surface area contributed by atoms with Crippen LogP contribution in [0.15, 0.2) is 24.3 Å². The molecular formula is C14H16F3NO. The van der Waals surface area contributed by atoms with Gasteiger partial charge in [0.1, 0.15) is 0 Å². The van der Waals surface area contributed by atoms with Crippen molar-refractivity contribution in [2.75, 3.05) is 13.1 Å². The van der Waals surface area contributed by atoms with Crippen molar-refractivity contribution >= 4 is 0 Å². The molecule has 1 aliphatic heterocycles. The Morgan fingerprint density at radius 3 is 2.42 bits per heavy atom. The summed E-state index contributed by atoms with van der Waals surface area (Å²) in [6, 6.07) is 5.65. The van der Waals surface area contributed by atoms with Gasteiger partial charge in [-0.15, -0.1) is 0 Å². The van der Waals surface area contributed by atoms with Crippen molar-refractivity contribution in [3.63, 3.8) is 0 Å². The van der Waals surface area contributed by atoms with Crippen LogP contribution in [0.2, 0.25) is 0 Å². The van der Waals surface area contributed by atoms with Crippen LogP contribution in [0.4, 0.5) is 13.2 Å². The molecule has 3 rings (SSSR count). The van der Waals surface area contributed by atoms with Crippen LogP contribution in [-0.4, -0.2) is 28.7 Å². The molecule has 0 atom stereocenters.